The number of benzene rings is 2. The number of carbonyl (C=O) groups is 1. The molecule has 0 saturated carbocycles. The zero-order valence-corrected chi connectivity index (χ0v) is 15.6. The second kappa shape index (κ2) is 7.99. The first kappa shape index (κ1) is 18.6. The number of aromatic nitrogens is 1. The summed E-state index contributed by atoms with van der Waals surface area (Å²) in [7, 11) is 0. The first-order valence-electron chi connectivity index (χ1n) is 8.75. The van der Waals surface area contributed by atoms with Gasteiger partial charge in [0.1, 0.15) is 5.82 Å². The van der Waals surface area contributed by atoms with E-state index >= 15 is 0 Å². The van der Waals surface area contributed by atoms with Crippen molar-refractivity contribution in [3.8, 4) is 0 Å². The Kier molecular flexibility index (Phi) is 5.50. The summed E-state index contributed by atoms with van der Waals surface area (Å²) in [5.74, 6) is -0.636. The lowest BCUT2D eigenvalue weighted by atomic mass is 10.0. The van der Waals surface area contributed by atoms with E-state index in [2.05, 4.69) is 34.7 Å². The predicted molar refractivity (Wildman–Crippen MR) is 106 cm³/mol. The molecule has 2 aromatic carbocycles. The van der Waals surface area contributed by atoms with Crippen LogP contribution >= 0.6 is 0 Å². The number of aryl methyl sites for hydroxylation is 3. The summed E-state index contributed by atoms with van der Waals surface area (Å²) in [5, 5.41) is 6.07. The average Bonchev–Trinajstić information content (AvgIpc) is 2.64. The second-order valence-electron chi connectivity index (χ2n) is 6.64. The standard InChI is InChI=1S/C22H22FN3O/c1-14-8-15(2)21(16(3)9-14)26-19-10-18(11-24-13-19)22(27)25-12-17-6-4-5-7-20(17)23/h4-11,13,26H,12H2,1-3H3,(H,25,27). The normalized spacial score (nSPS) is 10.5. The predicted octanol–water partition coefficient (Wildman–Crippen LogP) is 4.82. The minimum Gasteiger partial charge on any atom is -0.354 e. The molecule has 5 heteroatoms. The fraction of sp³-hybridized carbons (Fsp3) is 0.182. The summed E-state index contributed by atoms with van der Waals surface area (Å²) < 4.78 is 13.7. The molecule has 1 amide bonds. The molecule has 0 saturated heterocycles. The number of hydrogen-bond donors (Lipinski definition) is 2. The maximum absolute atomic E-state index is 13.7. The molecule has 2 N–H and O–H groups in total. The molecule has 0 bridgehead atoms. The Morgan fingerprint density at radius 3 is 2.44 bits per heavy atom. The van der Waals surface area contributed by atoms with Crippen molar-refractivity contribution in [2.24, 2.45) is 0 Å². The van der Waals surface area contributed by atoms with Crippen molar-refractivity contribution in [3.05, 3.63) is 88.5 Å². The van der Waals surface area contributed by atoms with Gasteiger partial charge in [-0.25, -0.2) is 4.39 Å². The number of halogens is 1. The van der Waals surface area contributed by atoms with Crippen molar-refractivity contribution in [2.45, 2.75) is 27.3 Å². The number of nitrogens with one attached hydrogen (secondary N) is 2. The van der Waals surface area contributed by atoms with Crippen molar-refractivity contribution >= 4 is 17.3 Å². The molecule has 3 rings (SSSR count). The number of pyridine rings is 1. The van der Waals surface area contributed by atoms with Crippen LogP contribution in [0.5, 0.6) is 0 Å². The number of carbonyl (C=O) groups excluding carboxylic acids is 1. The number of amides is 1. The van der Waals surface area contributed by atoms with Crippen LogP contribution in [0.15, 0.2) is 54.9 Å². The first-order chi connectivity index (χ1) is 12.9. The van der Waals surface area contributed by atoms with Crippen molar-refractivity contribution < 1.29 is 9.18 Å². The van der Waals surface area contributed by atoms with Gasteiger partial charge in [-0.2, -0.15) is 0 Å². The molecular formula is C22H22FN3O. The lowest BCUT2D eigenvalue weighted by molar-refractivity contribution is 0.0950. The third-order valence-corrected chi connectivity index (χ3v) is 4.34. The highest BCUT2D eigenvalue weighted by Crippen LogP contribution is 2.26. The molecule has 1 aromatic heterocycles. The van der Waals surface area contributed by atoms with E-state index in [1.807, 2.05) is 13.8 Å². The molecule has 0 spiro atoms. The van der Waals surface area contributed by atoms with E-state index in [1.54, 1.807) is 30.5 Å². The van der Waals surface area contributed by atoms with Gasteiger partial charge >= 0.3 is 0 Å². The Bertz CT molecular complexity index is 962. The second-order valence-corrected chi connectivity index (χ2v) is 6.64. The van der Waals surface area contributed by atoms with Crippen LogP contribution < -0.4 is 10.6 Å². The van der Waals surface area contributed by atoms with Crippen LogP contribution in [0.4, 0.5) is 15.8 Å². The molecule has 0 fully saturated rings. The quantitative estimate of drug-likeness (QED) is 0.683. The molecule has 0 unspecified atom stereocenters. The third-order valence-electron chi connectivity index (χ3n) is 4.34. The number of anilines is 2. The highest BCUT2D eigenvalue weighted by atomic mass is 19.1. The van der Waals surface area contributed by atoms with Crippen LogP contribution in [0.2, 0.25) is 0 Å². The summed E-state index contributed by atoms with van der Waals surface area (Å²) >= 11 is 0. The van der Waals surface area contributed by atoms with Crippen LogP contribution in [0.3, 0.4) is 0 Å². The van der Waals surface area contributed by atoms with Gasteiger partial charge in [-0.05, 0) is 44.0 Å². The summed E-state index contributed by atoms with van der Waals surface area (Å²) in [6.07, 6.45) is 3.17. The van der Waals surface area contributed by atoms with Crippen molar-refractivity contribution in [1.82, 2.24) is 10.3 Å². The van der Waals surface area contributed by atoms with E-state index in [0.29, 0.717) is 11.1 Å². The summed E-state index contributed by atoms with van der Waals surface area (Å²) in [5.41, 5.74) is 6.05. The molecular weight excluding hydrogens is 341 g/mol. The Morgan fingerprint density at radius 1 is 1.04 bits per heavy atom. The van der Waals surface area contributed by atoms with E-state index in [1.165, 1.54) is 17.8 Å². The van der Waals surface area contributed by atoms with Crippen molar-refractivity contribution in [3.63, 3.8) is 0 Å². The number of rotatable bonds is 5. The highest BCUT2D eigenvalue weighted by Gasteiger charge is 2.10. The number of nitrogens with zero attached hydrogens (tertiary/aromatic N) is 1. The van der Waals surface area contributed by atoms with E-state index in [4.69, 9.17) is 0 Å². The third kappa shape index (κ3) is 4.50. The molecule has 3 aromatic rings. The van der Waals surface area contributed by atoms with Gasteiger partial charge in [-0.3, -0.25) is 9.78 Å². The Hall–Kier alpha value is -3.21. The van der Waals surface area contributed by atoms with Crippen LogP contribution in [0.25, 0.3) is 0 Å². The van der Waals surface area contributed by atoms with Gasteiger partial charge in [0.2, 0.25) is 0 Å². The van der Waals surface area contributed by atoms with E-state index in [0.717, 1.165) is 22.5 Å². The highest BCUT2D eigenvalue weighted by molar-refractivity contribution is 5.94. The van der Waals surface area contributed by atoms with E-state index in [-0.39, 0.29) is 18.3 Å². The summed E-state index contributed by atoms with van der Waals surface area (Å²) in [4.78, 5) is 16.6. The number of hydrogen-bond acceptors (Lipinski definition) is 3. The fourth-order valence-corrected chi connectivity index (χ4v) is 3.07. The minimum atomic E-state index is -0.336. The SMILES string of the molecule is Cc1cc(C)c(Nc2cncc(C(=O)NCc3ccccc3F)c2)c(C)c1. The molecule has 0 aliphatic heterocycles. The molecule has 27 heavy (non-hydrogen) atoms. The Labute approximate surface area is 158 Å². The van der Waals surface area contributed by atoms with Gasteiger partial charge in [0.25, 0.3) is 5.91 Å². The Balaban J connectivity index is 1.74. The zero-order chi connectivity index (χ0) is 19.4. The maximum atomic E-state index is 13.7. The molecule has 0 radical (unpaired) electrons. The molecule has 4 nitrogen and oxygen atoms in total. The molecule has 138 valence electrons. The minimum absolute atomic E-state index is 0.124. The molecule has 0 aliphatic rings. The van der Waals surface area contributed by atoms with Gasteiger partial charge in [0.15, 0.2) is 0 Å². The zero-order valence-electron chi connectivity index (χ0n) is 15.6. The van der Waals surface area contributed by atoms with Gasteiger partial charge in [-0.1, -0.05) is 35.9 Å². The van der Waals surface area contributed by atoms with Gasteiger partial charge in [-0.15, -0.1) is 0 Å². The van der Waals surface area contributed by atoms with E-state index in [9.17, 15) is 9.18 Å². The van der Waals surface area contributed by atoms with Gasteiger partial charge in [0.05, 0.1) is 17.4 Å². The molecule has 1 heterocycles. The van der Waals surface area contributed by atoms with Crippen LogP contribution in [0, 0.1) is 26.6 Å². The van der Waals surface area contributed by atoms with Crippen molar-refractivity contribution in [2.75, 3.05) is 5.32 Å². The summed E-state index contributed by atoms with van der Waals surface area (Å²) in [6.45, 7) is 6.27. The first-order valence-corrected chi connectivity index (χ1v) is 8.75. The lowest BCUT2D eigenvalue weighted by Crippen LogP contribution is -2.23. The monoisotopic (exact) mass is 363 g/mol. The van der Waals surface area contributed by atoms with Gasteiger partial charge < -0.3 is 10.6 Å². The van der Waals surface area contributed by atoms with Crippen LogP contribution in [0.1, 0.15) is 32.6 Å². The molecule has 0 aliphatic carbocycles. The largest absolute Gasteiger partial charge is 0.354 e. The maximum Gasteiger partial charge on any atom is 0.253 e. The fourth-order valence-electron chi connectivity index (χ4n) is 3.07. The van der Waals surface area contributed by atoms with Crippen LogP contribution in [-0.2, 0) is 6.54 Å². The lowest BCUT2D eigenvalue weighted by Gasteiger charge is -2.14. The smallest absolute Gasteiger partial charge is 0.253 e. The van der Waals surface area contributed by atoms with Crippen LogP contribution in [-0.4, -0.2) is 10.9 Å². The van der Waals surface area contributed by atoms with Gasteiger partial charge in [0, 0.05) is 24.0 Å². The average molecular weight is 363 g/mol. The van der Waals surface area contributed by atoms with Crippen molar-refractivity contribution in [1.29, 1.82) is 0 Å². The Morgan fingerprint density at radius 2 is 1.74 bits per heavy atom. The summed E-state index contributed by atoms with van der Waals surface area (Å²) in [6, 6.07) is 12.3. The molecule has 0 atom stereocenters. The van der Waals surface area contributed by atoms with E-state index < -0.39 is 0 Å². The topological polar surface area (TPSA) is 54.0 Å².